The van der Waals surface area contributed by atoms with Gasteiger partial charge in [-0.15, -0.1) is 0 Å². The fourth-order valence-electron chi connectivity index (χ4n) is 4.02. The van der Waals surface area contributed by atoms with Crippen LogP contribution in [0.25, 0.3) is 0 Å². The molecule has 0 amide bonds. The highest BCUT2D eigenvalue weighted by molar-refractivity contribution is 5.45. The molecule has 3 rings (SSSR count). The van der Waals surface area contributed by atoms with Gasteiger partial charge in [0.25, 0.3) is 0 Å². The molecule has 0 aromatic heterocycles. The number of nitriles is 1. The van der Waals surface area contributed by atoms with Gasteiger partial charge in [-0.2, -0.15) is 5.26 Å². The maximum absolute atomic E-state index is 9.45. The van der Waals surface area contributed by atoms with Crippen LogP contribution >= 0.6 is 0 Å². The fourth-order valence-corrected chi connectivity index (χ4v) is 4.02. The molecule has 18 heavy (non-hydrogen) atoms. The molecule has 0 aromatic carbocycles. The lowest BCUT2D eigenvalue weighted by Crippen LogP contribution is -2.34. The Morgan fingerprint density at radius 3 is 2.72 bits per heavy atom. The third-order valence-electron chi connectivity index (χ3n) is 4.90. The second kappa shape index (κ2) is 4.05. The van der Waals surface area contributed by atoms with Crippen molar-refractivity contribution in [2.24, 2.45) is 17.1 Å². The minimum absolute atomic E-state index is 0.0684. The van der Waals surface area contributed by atoms with Gasteiger partial charge in [0.1, 0.15) is 11.8 Å². The molecule has 1 unspecified atom stereocenters. The van der Waals surface area contributed by atoms with Crippen LogP contribution in [0.2, 0.25) is 0 Å². The van der Waals surface area contributed by atoms with Crippen molar-refractivity contribution in [2.75, 3.05) is 0 Å². The lowest BCUT2D eigenvalue weighted by atomic mass is 9.66. The Labute approximate surface area is 108 Å². The number of nitrogens with zero attached hydrogens (tertiary/aromatic N) is 1. The van der Waals surface area contributed by atoms with E-state index in [-0.39, 0.29) is 5.41 Å². The Morgan fingerprint density at radius 2 is 2.06 bits per heavy atom. The Hall–Kier alpha value is -1.43. The van der Waals surface area contributed by atoms with E-state index in [4.69, 9.17) is 10.5 Å². The zero-order valence-electron chi connectivity index (χ0n) is 11.0. The van der Waals surface area contributed by atoms with Gasteiger partial charge in [0.05, 0.1) is 5.57 Å². The maximum atomic E-state index is 9.45. The normalized spacial score (nSPS) is 30.1. The van der Waals surface area contributed by atoms with E-state index in [2.05, 4.69) is 13.0 Å². The Morgan fingerprint density at radius 1 is 1.33 bits per heavy atom. The molecule has 0 bridgehead atoms. The fraction of sp³-hybridized carbons (Fsp3) is 0.667. The van der Waals surface area contributed by atoms with Gasteiger partial charge in [0.15, 0.2) is 0 Å². The van der Waals surface area contributed by atoms with E-state index in [9.17, 15) is 5.26 Å². The van der Waals surface area contributed by atoms with Crippen LogP contribution in [-0.4, -0.2) is 0 Å². The molecule has 3 aliphatic rings. The summed E-state index contributed by atoms with van der Waals surface area (Å²) in [7, 11) is 0. The molecule has 1 saturated carbocycles. The van der Waals surface area contributed by atoms with Crippen LogP contribution < -0.4 is 5.73 Å². The van der Waals surface area contributed by atoms with Gasteiger partial charge in [-0.1, -0.05) is 19.8 Å². The van der Waals surface area contributed by atoms with E-state index in [1.807, 2.05) is 0 Å². The Balaban J connectivity index is 2.15. The number of nitrogens with two attached hydrogens (primary N) is 1. The van der Waals surface area contributed by atoms with Gasteiger partial charge < -0.3 is 10.5 Å². The van der Waals surface area contributed by atoms with Crippen LogP contribution in [0.3, 0.4) is 0 Å². The molecule has 1 aliphatic heterocycles. The molecular formula is C15H20N2O. The molecule has 0 aromatic rings. The van der Waals surface area contributed by atoms with E-state index >= 15 is 0 Å². The standard InChI is InChI=1S/C15H20N2O/c1-10-5-4-6-11-13(10)18-14(17)12(9-16)15(11)7-2-3-8-15/h10H,2-8,17H2,1H3. The summed E-state index contributed by atoms with van der Waals surface area (Å²) in [5, 5.41) is 9.45. The lowest BCUT2D eigenvalue weighted by molar-refractivity contribution is 0.186. The van der Waals surface area contributed by atoms with Crippen molar-refractivity contribution in [3.8, 4) is 6.07 Å². The third kappa shape index (κ3) is 1.41. The second-order valence-electron chi connectivity index (χ2n) is 5.88. The number of ether oxygens (including phenoxy) is 1. The van der Waals surface area contributed by atoms with E-state index in [0.29, 0.717) is 17.4 Å². The van der Waals surface area contributed by atoms with Gasteiger partial charge in [-0.05, 0) is 37.7 Å². The highest BCUT2D eigenvalue weighted by Gasteiger charge is 2.48. The van der Waals surface area contributed by atoms with E-state index in [1.54, 1.807) is 0 Å². The minimum Gasteiger partial charge on any atom is -0.445 e. The lowest BCUT2D eigenvalue weighted by Gasteiger charge is -2.41. The summed E-state index contributed by atoms with van der Waals surface area (Å²) in [6.07, 6.45) is 8.01. The third-order valence-corrected chi connectivity index (χ3v) is 4.90. The van der Waals surface area contributed by atoms with Crippen LogP contribution in [0, 0.1) is 22.7 Å². The van der Waals surface area contributed by atoms with E-state index < -0.39 is 0 Å². The van der Waals surface area contributed by atoms with Crippen molar-refractivity contribution < 1.29 is 4.74 Å². The van der Waals surface area contributed by atoms with Crippen LogP contribution in [0.1, 0.15) is 51.9 Å². The smallest absolute Gasteiger partial charge is 0.205 e. The molecule has 1 heterocycles. The number of allylic oxidation sites excluding steroid dienone is 3. The molecule has 1 atom stereocenters. The first-order valence-corrected chi connectivity index (χ1v) is 7.01. The van der Waals surface area contributed by atoms with E-state index in [1.165, 1.54) is 31.3 Å². The van der Waals surface area contributed by atoms with Gasteiger partial charge >= 0.3 is 0 Å². The quantitative estimate of drug-likeness (QED) is 0.711. The van der Waals surface area contributed by atoms with Crippen molar-refractivity contribution in [1.29, 1.82) is 5.26 Å². The maximum Gasteiger partial charge on any atom is 0.205 e. The first-order chi connectivity index (χ1) is 8.69. The second-order valence-corrected chi connectivity index (χ2v) is 5.88. The van der Waals surface area contributed by atoms with Crippen molar-refractivity contribution in [1.82, 2.24) is 0 Å². The van der Waals surface area contributed by atoms with Crippen LogP contribution in [-0.2, 0) is 4.74 Å². The van der Waals surface area contributed by atoms with Gasteiger partial charge in [0.2, 0.25) is 5.88 Å². The summed E-state index contributed by atoms with van der Waals surface area (Å²) in [6, 6.07) is 2.33. The predicted molar refractivity (Wildman–Crippen MR) is 68.9 cm³/mol. The summed E-state index contributed by atoms with van der Waals surface area (Å²) >= 11 is 0. The monoisotopic (exact) mass is 244 g/mol. The Kier molecular flexibility index (Phi) is 2.62. The zero-order valence-corrected chi connectivity index (χ0v) is 11.0. The van der Waals surface area contributed by atoms with Gasteiger partial charge in [-0.3, -0.25) is 0 Å². The predicted octanol–water partition coefficient (Wildman–Crippen LogP) is 3.34. The van der Waals surface area contributed by atoms with Crippen molar-refractivity contribution >= 4 is 0 Å². The first-order valence-electron chi connectivity index (χ1n) is 7.01. The van der Waals surface area contributed by atoms with Crippen LogP contribution in [0.15, 0.2) is 22.8 Å². The average molecular weight is 244 g/mol. The van der Waals surface area contributed by atoms with Crippen molar-refractivity contribution in [2.45, 2.75) is 51.9 Å². The molecule has 0 saturated heterocycles. The molecule has 1 fully saturated rings. The van der Waals surface area contributed by atoms with Crippen LogP contribution in [0.4, 0.5) is 0 Å². The number of hydrogen-bond donors (Lipinski definition) is 1. The summed E-state index contributed by atoms with van der Waals surface area (Å²) in [5.74, 6) is 1.90. The molecule has 0 radical (unpaired) electrons. The van der Waals surface area contributed by atoms with E-state index in [0.717, 1.165) is 25.0 Å². The minimum atomic E-state index is -0.0684. The summed E-state index contributed by atoms with van der Waals surface area (Å²) < 4.78 is 5.81. The SMILES string of the molecule is CC1CCCC2=C1OC(N)=C(C#N)C21CCCC1. The number of fused-ring (bicyclic) bond motifs is 1. The molecule has 2 N–H and O–H groups in total. The van der Waals surface area contributed by atoms with Crippen LogP contribution in [0.5, 0.6) is 0 Å². The molecule has 96 valence electrons. The van der Waals surface area contributed by atoms with Crippen molar-refractivity contribution in [3.63, 3.8) is 0 Å². The number of hydrogen-bond acceptors (Lipinski definition) is 3. The molecular weight excluding hydrogens is 224 g/mol. The summed E-state index contributed by atoms with van der Waals surface area (Å²) in [6.45, 7) is 2.21. The highest BCUT2D eigenvalue weighted by Crippen LogP contribution is 2.57. The average Bonchev–Trinajstić information content (AvgIpc) is 2.81. The van der Waals surface area contributed by atoms with Crippen molar-refractivity contribution in [3.05, 3.63) is 22.8 Å². The molecule has 2 aliphatic carbocycles. The molecule has 3 nitrogen and oxygen atoms in total. The molecule has 3 heteroatoms. The first kappa shape index (κ1) is 11.6. The number of rotatable bonds is 0. The highest BCUT2D eigenvalue weighted by atomic mass is 16.5. The Bertz CT molecular complexity index is 475. The molecule has 1 spiro atoms. The summed E-state index contributed by atoms with van der Waals surface area (Å²) in [5.41, 5.74) is 8.04. The zero-order chi connectivity index (χ0) is 12.8. The van der Waals surface area contributed by atoms with Gasteiger partial charge in [0, 0.05) is 11.3 Å². The van der Waals surface area contributed by atoms with Gasteiger partial charge in [-0.25, -0.2) is 0 Å². The topological polar surface area (TPSA) is 59.0 Å². The largest absolute Gasteiger partial charge is 0.445 e. The summed E-state index contributed by atoms with van der Waals surface area (Å²) in [4.78, 5) is 0.